The van der Waals surface area contributed by atoms with Crippen molar-refractivity contribution in [1.82, 2.24) is 5.32 Å². The molecule has 1 unspecified atom stereocenters. The number of esters is 1. The monoisotopic (exact) mass is 354 g/mol. The molecule has 1 fully saturated rings. The van der Waals surface area contributed by atoms with Crippen LogP contribution in [0.1, 0.15) is 28.8 Å². The van der Waals surface area contributed by atoms with Crippen molar-refractivity contribution < 1.29 is 18.8 Å². The molecule has 1 atom stereocenters. The molecule has 0 saturated carbocycles. The van der Waals surface area contributed by atoms with Crippen molar-refractivity contribution in [2.75, 3.05) is 39.6 Å². The van der Waals surface area contributed by atoms with Crippen LogP contribution in [0.5, 0.6) is 0 Å². The first-order valence-corrected chi connectivity index (χ1v) is 8.41. The SMILES string of the molecule is CNC(C(=O)Nc1c(C)cc(Cl)cc1C(=O)OC)[N+]1(C)CCCC1. The lowest BCUT2D eigenvalue weighted by Gasteiger charge is -2.36. The zero-order valence-electron chi connectivity index (χ0n) is 14.6. The number of benzene rings is 1. The number of amides is 1. The fourth-order valence-electron chi connectivity index (χ4n) is 3.41. The lowest BCUT2D eigenvalue weighted by atomic mass is 10.1. The Labute approximate surface area is 147 Å². The third-order valence-electron chi connectivity index (χ3n) is 4.69. The van der Waals surface area contributed by atoms with Gasteiger partial charge in [0.05, 0.1) is 38.5 Å². The fourth-order valence-corrected chi connectivity index (χ4v) is 3.69. The molecule has 1 aromatic carbocycles. The minimum Gasteiger partial charge on any atom is -0.465 e. The van der Waals surface area contributed by atoms with Gasteiger partial charge in [0.1, 0.15) is 0 Å². The average Bonchev–Trinajstić information content (AvgIpc) is 2.96. The van der Waals surface area contributed by atoms with Crippen molar-refractivity contribution in [3.8, 4) is 0 Å². The van der Waals surface area contributed by atoms with Gasteiger partial charge in [-0.1, -0.05) is 11.6 Å². The maximum Gasteiger partial charge on any atom is 0.340 e. The van der Waals surface area contributed by atoms with Crippen LogP contribution < -0.4 is 10.6 Å². The summed E-state index contributed by atoms with van der Waals surface area (Å²) in [6.45, 7) is 3.69. The van der Waals surface area contributed by atoms with Crippen LogP contribution in [-0.2, 0) is 9.53 Å². The number of hydrogen-bond donors (Lipinski definition) is 2. The van der Waals surface area contributed by atoms with Crippen LogP contribution >= 0.6 is 11.6 Å². The Morgan fingerprint density at radius 3 is 2.46 bits per heavy atom. The van der Waals surface area contributed by atoms with Gasteiger partial charge in [-0.05, 0) is 31.7 Å². The highest BCUT2D eigenvalue weighted by Crippen LogP contribution is 2.27. The maximum absolute atomic E-state index is 12.9. The predicted molar refractivity (Wildman–Crippen MR) is 94.2 cm³/mol. The standard InChI is InChI=1S/C17H24ClN3O3/c1-11-9-12(18)10-13(17(23)24-4)14(11)20-16(22)15(19-2)21(3)7-5-6-8-21/h9-10,15,19H,5-8H2,1-4H3/p+1. The number of carbonyl (C=O) groups excluding carboxylic acids is 2. The predicted octanol–water partition coefficient (Wildman–Crippen LogP) is 2.16. The van der Waals surface area contributed by atoms with Gasteiger partial charge in [0.15, 0.2) is 0 Å². The van der Waals surface area contributed by atoms with Crippen LogP contribution in [0.3, 0.4) is 0 Å². The molecule has 24 heavy (non-hydrogen) atoms. The summed E-state index contributed by atoms with van der Waals surface area (Å²) in [5, 5.41) is 6.44. The Morgan fingerprint density at radius 1 is 1.29 bits per heavy atom. The first-order valence-electron chi connectivity index (χ1n) is 8.03. The summed E-state index contributed by atoms with van der Waals surface area (Å²) in [5.41, 5.74) is 1.42. The molecule has 1 aliphatic rings. The fraction of sp³-hybridized carbons (Fsp3) is 0.529. The van der Waals surface area contributed by atoms with E-state index in [2.05, 4.69) is 17.7 Å². The number of nitrogens with one attached hydrogen (secondary N) is 2. The number of halogens is 1. The molecule has 2 rings (SSSR count). The first kappa shape index (κ1) is 18.7. The van der Waals surface area contributed by atoms with E-state index in [-0.39, 0.29) is 17.6 Å². The van der Waals surface area contributed by atoms with Crippen molar-refractivity contribution in [2.24, 2.45) is 0 Å². The summed E-state index contributed by atoms with van der Waals surface area (Å²) in [6.07, 6.45) is 1.83. The molecule has 1 aliphatic heterocycles. The molecule has 132 valence electrons. The molecule has 0 aliphatic carbocycles. The summed E-state index contributed by atoms with van der Waals surface area (Å²) in [7, 11) is 5.16. The third-order valence-corrected chi connectivity index (χ3v) is 4.91. The molecule has 1 amide bonds. The normalized spacial score (nSPS) is 17.4. The second-order valence-electron chi connectivity index (χ2n) is 6.45. The smallest absolute Gasteiger partial charge is 0.340 e. The van der Waals surface area contributed by atoms with Gasteiger partial charge in [-0.15, -0.1) is 0 Å². The Hall–Kier alpha value is -1.63. The molecule has 0 bridgehead atoms. The van der Waals surface area contributed by atoms with E-state index in [1.165, 1.54) is 13.2 Å². The zero-order valence-corrected chi connectivity index (χ0v) is 15.4. The van der Waals surface area contributed by atoms with Crippen LogP contribution in [0, 0.1) is 6.92 Å². The molecule has 0 aromatic heterocycles. The number of rotatable bonds is 5. The molecule has 1 aromatic rings. The van der Waals surface area contributed by atoms with E-state index in [1.54, 1.807) is 20.0 Å². The molecular formula is C17H25ClN3O3+. The van der Waals surface area contributed by atoms with Gasteiger partial charge in [-0.2, -0.15) is 0 Å². The minimum absolute atomic E-state index is 0.169. The largest absolute Gasteiger partial charge is 0.465 e. The van der Waals surface area contributed by atoms with Crippen LogP contribution in [-0.4, -0.2) is 56.8 Å². The number of likely N-dealkylation sites (N-methyl/N-ethyl adjacent to an activating group) is 2. The number of anilines is 1. The zero-order chi connectivity index (χ0) is 17.9. The quantitative estimate of drug-likeness (QED) is 0.628. The van der Waals surface area contributed by atoms with Gasteiger partial charge < -0.3 is 14.5 Å². The van der Waals surface area contributed by atoms with Crippen molar-refractivity contribution >= 4 is 29.2 Å². The van der Waals surface area contributed by atoms with Gasteiger partial charge in [-0.25, -0.2) is 4.79 Å². The second kappa shape index (κ2) is 7.51. The summed E-state index contributed by atoms with van der Waals surface area (Å²) in [5.74, 6) is -0.698. The Morgan fingerprint density at radius 2 is 1.92 bits per heavy atom. The average molecular weight is 355 g/mol. The lowest BCUT2D eigenvalue weighted by molar-refractivity contribution is -0.915. The number of ether oxygens (including phenoxy) is 1. The van der Waals surface area contributed by atoms with E-state index < -0.39 is 5.97 Å². The molecular weight excluding hydrogens is 330 g/mol. The van der Waals surface area contributed by atoms with Gasteiger partial charge in [0, 0.05) is 17.9 Å². The van der Waals surface area contributed by atoms with E-state index in [4.69, 9.17) is 16.3 Å². The van der Waals surface area contributed by atoms with Crippen molar-refractivity contribution in [3.05, 3.63) is 28.3 Å². The molecule has 2 N–H and O–H groups in total. The number of hydrogen-bond acceptors (Lipinski definition) is 4. The number of carbonyl (C=O) groups is 2. The Kier molecular flexibility index (Phi) is 5.85. The Bertz CT molecular complexity index is 642. The van der Waals surface area contributed by atoms with E-state index in [9.17, 15) is 9.59 Å². The third kappa shape index (κ3) is 3.71. The number of likely N-dealkylation sites (tertiary alicyclic amines) is 1. The highest BCUT2D eigenvalue weighted by Gasteiger charge is 2.40. The summed E-state index contributed by atoms with van der Waals surface area (Å²) in [6, 6.07) is 3.22. The summed E-state index contributed by atoms with van der Waals surface area (Å²) >= 11 is 6.04. The van der Waals surface area contributed by atoms with Gasteiger partial charge >= 0.3 is 5.97 Å². The van der Waals surface area contributed by atoms with Crippen LogP contribution in [0.25, 0.3) is 0 Å². The number of aryl methyl sites for hydroxylation is 1. The maximum atomic E-state index is 12.9. The van der Waals surface area contributed by atoms with Crippen molar-refractivity contribution in [3.63, 3.8) is 0 Å². The first-order chi connectivity index (χ1) is 11.3. The lowest BCUT2D eigenvalue weighted by Crippen LogP contribution is -2.61. The molecule has 6 nitrogen and oxygen atoms in total. The van der Waals surface area contributed by atoms with E-state index in [0.717, 1.165) is 31.5 Å². The van der Waals surface area contributed by atoms with Crippen LogP contribution in [0.2, 0.25) is 5.02 Å². The number of methoxy groups -OCH3 is 1. The van der Waals surface area contributed by atoms with Crippen molar-refractivity contribution in [1.29, 1.82) is 0 Å². The van der Waals surface area contributed by atoms with Gasteiger partial charge in [0.25, 0.3) is 5.91 Å². The summed E-state index contributed by atoms with van der Waals surface area (Å²) in [4.78, 5) is 24.9. The van der Waals surface area contributed by atoms with Gasteiger partial charge in [0.2, 0.25) is 6.17 Å². The second-order valence-corrected chi connectivity index (χ2v) is 6.89. The van der Waals surface area contributed by atoms with Crippen LogP contribution in [0.15, 0.2) is 12.1 Å². The number of nitrogens with zero attached hydrogens (tertiary/aromatic N) is 1. The van der Waals surface area contributed by atoms with E-state index >= 15 is 0 Å². The molecule has 7 heteroatoms. The minimum atomic E-state index is -0.529. The van der Waals surface area contributed by atoms with Crippen LogP contribution in [0.4, 0.5) is 5.69 Å². The molecule has 1 saturated heterocycles. The molecule has 0 spiro atoms. The van der Waals surface area contributed by atoms with Crippen molar-refractivity contribution in [2.45, 2.75) is 25.9 Å². The topological polar surface area (TPSA) is 67.4 Å². The highest BCUT2D eigenvalue weighted by atomic mass is 35.5. The number of quaternary nitrogens is 1. The van der Waals surface area contributed by atoms with Gasteiger partial charge in [-0.3, -0.25) is 10.1 Å². The highest BCUT2D eigenvalue weighted by molar-refractivity contribution is 6.31. The molecule has 0 radical (unpaired) electrons. The van der Waals surface area contributed by atoms with E-state index in [0.29, 0.717) is 15.2 Å². The molecule has 1 heterocycles. The Balaban J connectivity index is 2.32. The summed E-state index contributed by atoms with van der Waals surface area (Å²) < 4.78 is 5.45. The van der Waals surface area contributed by atoms with E-state index in [1.807, 2.05) is 0 Å².